The summed E-state index contributed by atoms with van der Waals surface area (Å²) in [5.74, 6) is 0.910. The number of hydrogen-bond acceptors (Lipinski definition) is 3. The van der Waals surface area contributed by atoms with Crippen LogP contribution >= 0.6 is 0 Å². The predicted molar refractivity (Wildman–Crippen MR) is 71.5 cm³/mol. The molecule has 0 atom stereocenters. The van der Waals surface area contributed by atoms with Crippen molar-refractivity contribution in [3.63, 3.8) is 0 Å². The van der Waals surface area contributed by atoms with Crippen molar-refractivity contribution < 1.29 is 9.53 Å². The van der Waals surface area contributed by atoms with Crippen LogP contribution in [0.5, 0.6) is 0 Å². The molecule has 1 amide bonds. The van der Waals surface area contributed by atoms with E-state index in [1.165, 1.54) is 25.7 Å². The van der Waals surface area contributed by atoms with Gasteiger partial charge in [-0.3, -0.25) is 9.69 Å². The van der Waals surface area contributed by atoms with Gasteiger partial charge in [-0.1, -0.05) is 12.8 Å². The first-order chi connectivity index (χ1) is 8.84. The minimum absolute atomic E-state index is 0.254. The molecule has 4 heteroatoms. The van der Waals surface area contributed by atoms with E-state index in [1.54, 1.807) is 0 Å². The first-order valence-corrected chi connectivity index (χ1v) is 7.41. The molecule has 1 aliphatic heterocycles. The van der Waals surface area contributed by atoms with Gasteiger partial charge in [-0.05, 0) is 31.7 Å². The van der Waals surface area contributed by atoms with Crippen molar-refractivity contribution in [3.05, 3.63) is 0 Å². The second kappa shape index (κ2) is 7.74. The molecule has 0 aromatic heterocycles. The molecule has 1 saturated heterocycles. The molecule has 1 N–H and O–H groups in total. The van der Waals surface area contributed by atoms with Crippen LogP contribution in [-0.4, -0.2) is 50.2 Å². The molecule has 2 fully saturated rings. The summed E-state index contributed by atoms with van der Waals surface area (Å²) in [5.41, 5.74) is 0. The summed E-state index contributed by atoms with van der Waals surface area (Å²) in [6.07, 6.45) is 6.93. The van der Waals surface area contributed by atoms with Crippen molar-refractivity contribution in [2.24, 2.45) is 5.92 Å². The molecule has 2 rings (SSSR count). The molecule has 4 nitrogen and oxygen atoms in total. The number of rotatable bonds is 6. The second-order valence-electron chi connectivity index (χ2n) is 5.51. The van der Waals surface area contributed by atoms with E-state index >= 15 is 0 Å². The Morgan fingerprint density at radius 3 is 2.67 bits per heavy atom. The van der Waals surface area contributed by atoms with Crippen LogP contribution in [0.25, 0.3) is 0 Å². The Bertz CT molecular complexity index is 246. The van der Waals surface area contributed by atoms with Gasteiger partial charge in [0.25, 0.3) is 0 Å². The van der Waals surface area contributed by atoms with Gasteiger partial charge in [0.1, 0.15) is 0 Å². The number of ether oxygens (including phenoxy) is 1. The van der Waals surface area contributed by atoms with Gasteiger partial charge in [0.2, 0.25) is 5.91 Å². The highest BCUT2D eigenvalue weighted by molar-refractivity contribution is 5.76. The van der Waals surface area contributed by atoms with Crippen molar-refractivity contribution in [1.82, 2.24) is 10.2 Å². The van der Waals surface area contributed by atoms with Gasteiger partial charge >= 0.3 is 0 Å². The Balaban J connectivity index is 1.47. The molecule has 104 valence electrons. The molecule has 0 spiro atoms. The third-order valence-electron chi connectivity index (χ3n) is 4.03. The van der Waals surface area contributed by atoms with Gasteiger partial charge in [0.05, 0.1) is 13.2 Å². The fourth-order valence-electron chi connectivity index (χ4n) is 2.90. The highest BCUT2D eigenvalue weighted by Crippen LogP contribution is 2.27. The maximum Gasteiger partial charge on any atom is 0.220 e. The molecule has 0 unspecified atom stereocenters. The lowest BCUT2D eigenvalue weighted by molar-refractivity contribution is -0.122. The number of hydrogen-bond donors (Lipinski definition) is 1. The van der Waals surface area contributed by atoms with Crippen LogP contribution in [0.3, 0.4) is 0 Å². The number of nitrogens with zero attached hydrogens (tertiary/aromatic N) is 1. The number of carbonyl (C=O) groups is 1. The number of amides is 1. The highest BCUT2D eigenvalue weighted by atomic mass is 16.5. The van der Waals surface area contributed by atoms with E-state index in [0.717, 1.165) is 52.2 Å². The zero-order valence-corrected chi connectivity index (χ0v) is 11.3. The SMILES string of the molecule is O=C(CC1CCCC1)NCCCN1CCOCC1. The van der Waals surface area contributed by atoms with E-state index in [9.17, 15) is 4.79 Å². The summed E-state index contributed by atoms with van der Waals surface area (Å²) >= 11 is 0. The molecular weight excluding hydrogens is 228 g/mol. The van der Waals surface area contributed by atoms with Crippen LogP contribution in [0.4, 0.5) is 0 Å². The third kappa shape index (κ3) is 4.94. The molecule has 1 saturated carbocycles. The lowest BCUT2D eigenvalue weighted by atomic mass is 10.0. The van der Waals surface area contributed by atoms with E-state index in [4.69, 9.17) is 4.74 Å². The smallest absolute Gasteiger partial charge is 0.220 e. The molecule has 0 radical (unpaired) electrons. The summed E-state index contributed by atoms with van der Waals surface area (Å²) in [6.45, 7) is 5.68. The lowest BCUT2D eigenvalue weighted by Gasteiger charge is -2.26. The minimum atomic E-state index is 0.254. The molecule has 0 aromatic rings. The van der Waals surface area contributed by atoms with Gasteiger partial charge in [0, 0.05) is 26.1 Å². The monoisotopic (exact) mass is 254 g/mol. The van der Waals surface area contributed by atoms with Crippen molar-refractivity contribution in [2.75, 3.05) is 39.4 Å². The van der Waals surface area contributed by atoms with Gasteiger partial charge < -0.3 is 10.1 Å². The van der Waals surface area contributed by atoms with E-state index < -0.39 is 0 Å². The Kier molecular flexibility index (Phi) is 5.94. The van der Waals surface area contributed by atoms with E-state index in [2.05, 4.69) is 10.2 Å². The molecule has 1 aliphatic carbocycles. The van der Waals surface area contributed by atoms with Gasteiger partial charge in [-0.15, -0.1) is 0 Å². The Morgan fingerprint density at radius 1 is 1.22 bits per heavy atom. The standard InChI is InChI=1S/C14H26N2O2/c17-14(12-13-4-1-2-5-13)15-6-3-7-16-8-10-18-11-9-16/h13H,1-12H2,(H,15,17). The fraction of sp³-hybridized carbons (Fsp3) is 0.929. The van der Waals surface area contributed by atoms with Crippen LogP contribution in [0.2, 0.25) is 0 Å². The highest BCUT2D eigenvalue weighted by Gasteiger charge is 2.18. The van der Waals surface area contributed by atoms with Crippen molar-refractivity contribution in [3.8, 4) is 0 Å². The average Bonchev–Trinajstić information content (AvgIpc) is 2.89. The molecule has 0 aromatic carbocycles. The second-order valence-corrected chi connectivity index (χ2v) is 5.51. The maximum absolute atomic E-state index is 11.7. The molecule has 0 bridgehead atoms. The Labute approximate surface area is 110 Å². The number of carbonyl (C=O) groups excluding carboxylic acids is 1. The van der Waals surface area contributed by atoms with Crippen molar-refractivity contribution >= 4 is 5.91 Å². The first kappa shape index (κ1) is 13.8. The summed E-state index contributed by atoms with van der Waals surface area (Å²) in [7, 11) is 0. The third-order valence-corrected chi connectivity index (χ3v) is 4.03. The molecular formula is C14H26N2O2. The molecule has 1 heterocycles. The summed E-state index contributed by atoms with van der Waals surface area (Å²) in [4.78, 5) is 14.1. The van der Waals surface area contributed by atoms with E-state index in [1.807, 2.05) is 0 Å². The molecule has 2 aliphatic rings. The van der Waals surface area contributed by atoms with Crippen molar-refractivity contribution in [1.29, 1.82) is 0 Å². The van der Waals surface area contributed by atoms with E-state index in [-0.39, 0.29) is 5.91 Å². The Hall–Kier alpha value is -0.610. The minimum Gasteiger partial charge on any atom is -0.379 e. The van der Waals surface area contributed by atoms with Crippen LogP contribution < -0.4 is 5.32 Å². The quantitative estimate of drug-likeness (QED) is 0.729. The van der Waals surface area contributed by atoms with Gasteiger partial charge in [-0.25, -0.2) is 0 Å². The predicted octanol–water partition coefficient (Wildman–Crippen LogP) is 1.41. The molecule has 18 heavy (non-hydrogen) atoms. The number of nitrogens with one attached hydrogen (secondary N) is 1. The summed E-state index contributed by atoms with van der Waals surface area (Å²) in [6, 6.07) is 0. The zero-order valence-electron chi connectivity index (χ0n) is 11.3. The van der Waals surface area contributed by atoms with Crippen molar-refractivity contribution in [2.45, 2.75) is 38.5 Å². The largest absolute Gasteiger partial charge is 0.379 e. The average molecular weight is 254 g/mol. The maximum atomic E-state index is 11.7. The Morgan fingerprint density at radius 2 is 1.94 bits per heavy atom. The van der Waals surface area contributed by atoms with Crippen LogP contribution in [0.15, 0.2) is 0 Å². The number of morpholine rings is 1. The van der Waals surface area contributed by atoms with Gasteiger partial charge in [-0.2, -0.15) is 0 Å². The van der Waals surface area contributed by atoms with Crippen LogP contribution in [0.1, 0.15) is 38.5 Å². The van der Waals surface area contributed by atoms with Crippen LogP contribution in [-0.2, 0) is 9.53 Å². The zero-order chi connectivity index (χ0) is 12.6. The van der Waals surface area contributed by atoms with Gasteiger partial charge in [0.15, 0.2) is 0 Å². The van der Waals surface area contributed by atoms with E-state index in [0.29, 0.717) is 5.92 Å². The topological polar surface area (TPSA) is 41.6 Å². The van der Waals surface area contributed by atoms with Crippen LogP contribution in [0, 0.1) is 5.92 Å². The first-order valence-electron chi connectivity index (χ1n) is 7.41. The fourth-order valence-corrected chi connectivity index (χ4v) is 2.90. The normalized spacial score (nSPS) is 22.2. The lowest BCUT2D eigenvalue weighted by Crippen LogP contribution is -2.38. The summed E-state index contributed by atoms with van der Waals surface area (Å²) < 4.78 is 5.31. The summed E-state index contributed by atoms with van der Waals surface area (Å²) in [5, 5.41) is 3.05.